The number of ether oxygens (including phenoxy) is 1. The van der Waals surface area contributed by atoms with Crippen molar-refractivity contribution in [3.8, 4) is 0 Å². The molecule has 0 aromatic heterocycles. The maximum absolute atomic E-state index is 10.8. The molecule has 0 saturated heterocycles. The number of carbonyl (C=O) groups is 1. The molecule has 0 N–H and O–H groups in total. The third-order valence-electron chi connectivity index (χ3n) is 2.88. The van der Waals surface area contributed by atoms with Crippen LogP contribution in [0.5, 0.6) is 0 Å². The van der Waals surface area contributed by atoms with Crippen molar-refractivity contribution in [2.75, 3.05) is 7.11 Å². The molecule has 17 heavy (non-hydrogen) atoms. The Morgan fingerprint density at radius 1 is 0.941 bits per heavy atom. The first kappa shape index (κ1) is 16.2. The topological polar surface area (TPSA) is 26.3 Å². The van der Waals surface area contributed by atoms with Gasteiger partial charge in [0.25, 0.3) is 0 Å². The highest BCUT2D eigenvalue weighted by Crippen LogP contribution is 2.08. The molecule has 0 radical (unpaired) electrons. The van der Waals surface area contributed by atoms with E-state index >= 15 is 0 Å². The van der Waals surface area contributed by atoms with Gasteiger partial charge in [0.05, 0.1) is 7.11 Å². The number of hydrogen-bond donors (Lipinski definition) is 0. The smallest absolute Gasteiger partial charge is 0.305 e. The van der Waals surface area contributed by atoms with Crippen LogP contribution in [0.2, 0.25) is 0 Å². The van der Waals surface area contributed by atoms with Crippen molar-refractivity contribution in [1.82, 2.24) is 0 Å². The highest BCUT2D eigenvalue weighted by Gasteiger charge is 1.95. The molecule has 0 amide bonds. The number of rotatable bonds is 11. The largest absolute Gasteiger partial charge is 0.469 e. The highest BCUT2D eigenvalue weighted by molar-refractivity contribution is 5.69. The zero-order valence-corrected chi connectivity index (χ0v) is 11.5. The van der Waals surface area contributed by atoms with E-state index in [0.29, 0.717) is 6.42 Å². The summed E-state index contributed by atoms with van der Waals surface area (Å²) in [6, 6.07) is 0. The summed E-state index contributed by atoms with van der Waals surface area (Å²) in [6.07, 6.45) is 16.2. The van der Waals surface area contributed by atoms with Gasteiger partial charge in [0.15, 0.2) is 0 Å². The van der Waals surface area contributed by atoms with Gasteiger partial charge in [-0.15, -0.1) is 0 Å². The van der Waals surface area contributed by atoms with Crippen molar-refractivity contribution in [3.63, 3.8) is 0 Å². The Bertz CT molecular complexity index is 197. The lowest BCUT2D eigenvalue weighted by Gasteiger charge is -1.99. The van der Waals surface area contributed by atoms with Gasteiger partial charge >= 0.3 is 5.97 Å². The molecule has 0 aliphatic rings. The average molecular weight is 240 g/mol. The van der Waals surface area contributed by atoms with Crippen LogP contribution in [0.15, 0.2) is 12.2 Å². The van der Waals surface area contributed by atoms with Crippen molar-refractivity contribution in [3.05, 3.63) is 12.2 Å². The van der Waals surface area contributed by atoms with Crippen molar-refractivity contribution >= 4 is 5.97 Å². The monoisotopic (exact) mass is 240 g/mol. The van der Waals surface area contributed by atoms with E-state index in [1.165, 1.54) is 52.1 Å². The van der Waals surface area contributed by atoms with Gasteiger partial charge in [0.1, 0.15) is 0 Å². The predicted molar refractivity (Wildman–Crippen MR) is 73.0 cm³/mol. The summed E-state index contributed by atoms with van der Waals surface area (Å²) in [4.78, 5) is 10.8. The Hall–Kier alpha value is -0.790. The molecule has 0 aromatic carbocycles. The van der Waals surface area contributed by atoms with E-state index in [0.717, 1.165) is 12.8 Å². The maximum atomic E-state index is 10.8. The second-order valence-corrected chi connectivity index (χ2v) is 4.50. The van der Waals surface area contributed by atoms with Crippen LogP contribution in [-0.2, 0) is 9.53 Å². The van der Waals surface area contributed by atoms with Crippen LogP contribution in [0, 0.1) is 0 Å². The van der Waals surface area contributed by atoms with Gasteiger partial charge in [-0.1, -0.05) is 57.6 Å². The van der Waals surface area contributed by atoms with E-state index in [9.17, 15) is 4.79 Å². The molecular weight excluding hydrogens is 212 g/mol. The summed E-state index contributed by atoms with van der Waals surface area (Å²) in [5.74, 6) is -0.120. The summed E-state index contributed by atoms with van der Waals surface area (Å²) >= 11 is 0. The van der Waals surface area contributed by atoms with E-state index in [4.69, 9.17) is 0 Å². The van der Waals surface area contributed by atoms with Gasteiger partial charge in [-0.3, -0.25) is 4.79 Å². The minimum absolute atomic E-state index is 0.120. The van der Waals surface area contributed by atoms with Crippen LogP contribution in [0.25, 0.3) is 0 Å². The first-order valence-electron chi connectivity index (χ1n) is 7.03. The summed E-state index contributed by atoms with van der Waals surface area (Å²) in [6.45, 7) is 2.25. The predicted octanol–water partition coefficient (Wildman–Crippen LogP) is 4.64. The van der Waals surface area contributed by atoms with Gasteiger partial charge in [0.2, 0.25) is 0 Å². The lowest BCUT2D eigenvalue weighted by molar-refractivity contribution is -0.140. The Labute approximate surface area is 106 Å². The normalized spacial score (nSPS) is 10.9. The summed E-state index contributed by atoms with van der Waals surface area (Å²) < 4.78 is 4.57. The molecule has 0 heterocycles. The van der Waals surface area contributed by atoms with Gasteiger partial charge in [-0.05, 0) is 19.3 Å². The van der Waals surface area contributed by atoms with E-state index < -0.39 is 0 Å². The molecule has 2 nitrogen and oxygen atoms in total. The van der Waals surface area contributed by atoms with Crippen LogP contribution < -0.4 is 0 Å². The van der Waals surface area contributed by atoms with Crippen LogP contribution in [0.1, 0.15) is 71.1 Å². The lowest BCUT2D eigenvalue weighted by atomic mass is 10.1. The van der Waals surface area contributed by atoms with Crippen LogP contribution in [0.3, 0.4) is 0 Å². The molecular formula is C15H28O2. The minimum Gasteiger partial charge on any atom is -0.469 e. The Morgan fingerprint density at radius 3 is 2.18 bits per heavy atom. The lowest BCUT2D eigenvalue weighted by Crippen LogP contribution is -1.97. The molecule has 0 rings (SSSR count). The van der Waals surface area contributed by atoms with E-state index in [1.54, 1.807) is 0 Å². The van der Waals surface area contributed by atoms with E-state index in [1.807, 2.05) is 0 Å². The maximum Gasteiger partial charge on any atom is 0.305 e. The second kappa shape index (κ2) is 13.3. The van der Waals surface area contributed by atoms with Gasteiger partial charge in [0, 0.05) is 6.42 Å². The first-order valence-corrected chi connectivity index (χ1v) is 7.03. The standard InChI is InChI=1S/C15H28O2/c1-3-4-5-6-7-8-9-10-11-12-13-14-15(16)17-2/h11-12H,3-10,13-14H2,1-2H3. The van der Waals surface area contributed by atoms with E-state index in [-0.39, 0.29) is 5.97 Å². The fraction of sp³-hybridized carbons (Fsp3) is 0.800. The van der Waals surface area contributed by atoms with Crippen LogP contribution in [-0.4, -0.2) is 13.1 Å². The molecule has 0 aliphatic heterocycles. The molecule has 0 aliphatic carbocycles. The molecule has 0 aromatic rings. The van der Waals surface area contributed by atoms with Crippen molar-refractivity contribution < 1.29 is 9.53 Å². The molecule has 100 valence electrons. The fourth-order valence-corrected chi connectivity index (χ4v) is 1.76. The number of unbranched alkanes of at least 4 members (excludes halogenated alkanes) is 7. The zero-order valence-electron chi connectivity index (χ0n) is 11.5. The molecule has 0 saturated carbocycles. The Balaban J connectivity index is 3.11. The fourth-order valence-electron chi connectivity index (χ4n) is 1.76. The number of esters is 1. The van der Waals surface area contributed by atoms with Gasteiger partial charge in [-0.25, -0.2) is 0 Å². The summed E-state index contributed by atoms with van der Waals surface area (Å²) in [5, 5.41) is 0. The first-order chi connectivity index (χ1) is 8.31. The number of allylic oxidation sites excluding steroid dienone is 2. The average Bonchev–Trinajstić information content (AvgIpc) is 2.35. The third kappa shape index (κ3) is 13.1. The number of carbonyl (C=O) groups excluding carboxylic acids is 1. The molecule has 0 unspecified atom stereocenters. The number of methoxy groups -OCH3 is 1. The third-order valence-corrected chi connectivity index (χ3v) is 2.88. The van der Waals surface area contributed by atoms with Crippen molar-refractivity contribution in [2.45, 2.75) is 71.1 Å². The Kier molecular flexibility index (Phi) is 12.7. The van der Waals surface area contributed by atoms with Crippen LogP contribution >= 0.6 is 0 Å². The SMILES string of the molecule is CCCCCCCCCC=CCCC(=O)OC. The van der Waals surface area contributed by atoms with Crippen LogP contribution in [0.4, 0.5) is 0 Å². The van der Waals surface area contributed by atoms with Crippen molar-refractivity contribution in [2.24, 2.45) is 0 Å². The van der Waals surface area contributed by atoms with Gasteiger partial charge in [-0.2, -0.15) is 0 Å². The molecule has 2 heteroatoms. The minimum atomic E-state index is -0.120. The quantitative estimate of drug-likeness (QED) is 0.299. The zero-order chi connectivity index (χ0) is 12.8. The molecule has 0 spiro atoms. The van der Waals surface area contributed by atoms with E-state index in [2.05, 4.69) is 23.8 Å². The summed E-state index contributed by atoms with van der Waals surface area (Å²) in [5.41, 5.74) is 0. The van der Waals surface area contributed by atoms with Gasteiger partial charge < -0.3 is 4.74 Å². The highest BCUT2D eigenvalue weighted by atomic mass is 16.5. The summed E-state index contributed by atoms with van der Waals surface area (Å²) in [7, 11) is 1.44. The number of hydrogen-bond acceptors (Lipinski definition) is 2. The second-order valence-electron chi connectivity index (χ2n) is 4.50. The van der Waals surface area contributed by atoms with Crippen molar-refractivity contribution in [1.29, 1.82) is 0 Å². The molecule has 0 atom stereocenters. The Morgan fingerprint density at radius 2 is 1.53 bits per heavy atom. The molecule has 0 bridgehead atoms. The molecule has 0 fully saturated rings.